The molecule has 0 radical (unpaired) electrons. The van der Waals surface area contributed by atoms with Crippen molar-refractivity contribution < 1.29 is 14.3 Å². The van der Waals surface area contributed by atoms with Gasteiger partial charge in [-0.3, -0.25) is 4.79 Å². The first-order chi connectivity index (χ1) is 10.1. The van der Waals surface area contributed by atoms with E-state index in [2.05, 4.69) is 5.32 Å². The highest BCUT2D eigenvalue weighted by Gasteiger charge is 2.18. The molecule has 0 aliphatic carbocycles. The number of hydrogen-bond donors (Lipinski definition) is 1. The molecule has 1 aromatic rings. The lowest BCUT2D eigenvalue weighted by molar-refractivity contribution is 0.0464. The van der Waals surface area contributed by atoms with Crippen LogP contribution in [0.25, 0.3) is 0 Å². The molecule has 1 fully saturated rings. The zero-order chi connectivity index (χ0) is 15.2. The Morgan fingerprint density at radius 1 is 1.33 bits per heavy atom. The normalized spacial score (nSPS) is 18.1. The first-order valence-electron chi connectivity index (χ1n) is 7.27. The summed E-state index contributed by atoms with van der Waals surface area (Å²) in [5.74, 6) is 0.428. The maximum Gasteiger partial charge on any atom is 0.321 e. The summed E-state index contributed by atoms with van der Waals surface area (Å²) in [6.07, 6.45) is 2.16. The molecular formula is C16H22N2O3. The van der Waals surface area contributed by atoms with Crippen molar-refractivity contribution in [3.05, 3.63) is 29.8 Å². The number of rotatable bonds is 4. The van der Waals surface area contributed by atoms with Crippen molar-refractivity contribution in [2.45, 2.75) is 19.8 Å². The highest BCUT2D eigenvalue weighted by Crippen LogP contribution is 2.15. The van der Waals surface area contributed by atoms with Crippen LogP contribution >= 0.6 is 0 Å². The van der Waals surface area contributed by atoms with Gasteiger partial charge in [-0.25, -0.2) is 4.79 Å². The molecule has 0 aromatic heterocycles. The summed E-state index contributed by atoms with van der Waals surface area (Å²) < 4.78 is 5.43. The van der Waals surface area contributed by atoms with Crippen molar-refractivity contribution in [3.63, 3.8) is 0 Å². The summed E-state index contributed by atoms with van der Waals surface area (Å²) in [5, 5.41) is 2.83. The zero-order valence-electron chi connectivity index (χ0n) is 12.6. The van der Waals surface area contributed by atoms with E-state index < -0.39 is 0 Å². The summed E-state index contributed by atoms with van der Waals surface area (Å²) in [7, 11) is 1.79. The number of benzene rings is 1. The molecule has 0 bridgehead atoms. The van der Waals surface area contributed by atoms with E-state index in [-0.39, 0.29) is 11.8 Å². The van der Waals surface area contributed by atoms with Gasteiger partial charge in [0.2, 0.25) is 0 Å². The number of nitrogens with zero attached hydrogens (tertiary/aromatic N) is 1. The topological polar surface area (TPSA) is 58.6 Å². The maximum absolute atomic E-state index is 12.1. The number of amides is 2. The van der Waals surface area contributed by atoms with Gasteiger partial charge in [-0.2, -0.15) is 0 Å². The van der Waals surface area contributed by atoms with E-state index in [4.69, 9.17) is 4.74 Å². The van der Waals surface area contributed by atoms with E-state index in [0.717, 1.165) is 26.1 Å². The number of ketones is 1. The van der Waals surface area contributed by atoms with E-state index in [1.165, 1.54) is 6.92 Å². The van der Waals surface area contributed by atoms with Crippen molar-refractivity contribution in [3.8, 4) is 0 Å². The molecule has 2 rings (SSSR count). The molecule has 1 aliphatic rings. The van der Waals surface area contributed by atoms with Crippen LogP contribution in [-0.4, -0.2) is 43.5 Å². The molecule has 1 aliphatic heterocycles. The molecule has 1 saturated heterocycles. The number of anilines is 1. The molecule has 0 spiro atoms. The van der Waals surface area contributed by atoms with Crippen LogP contribution in [0.1, 0.15) is 30.1 Å². The average molecular weight is 290 g/mol. The molecular weight excluding hydrogens is 268 g/mol. The van der Waals surface area contributed by atoms with Gasteiger partial charge in [0.1, 0.15) is 0 Å². The lowest BCUT2D eigenvalue weighted by atomic mass is 10.0. The van der Waals surface area contributed by atoms with Crippen LogP contribution in [0.3, 0.4) is 0 Å². The standard InChI is InChI=1S/C16H22N2O3/c1-12(19)14-5-7-15(8-6-14)17-16(20)18(2)10-13-4-3-9-21-11-13/h5-8,13H,3-4,9-11H2,1-2H3,(H,17,20). The third-order valence-electron chi connectivity index (χ3n) is 3.68. The van der Waals surface area contributed by atoms with Crippen molar-refractivity contribution in [2.24, 2.45) is 5.92 Å². The predicted molar refractivity (Wildman–Crippen MR) is 81.6 cm³/mol. The van der Waals surface area contributed by atoms with E-state index in [9.17, 15) is 9.59 Å². The average Bonchev–Trinajstić information content (AvgIpc) is 2.48. The van der Waals surface area contributed by atoms with Gasteiger partial charge in [0.05, 0.1) is 6.61 Å². The number of carbonyl (C=O) groups is 2. The monoisotopic (exact) mass is 290 g/mol. The second-order valence-electron chi connectivity index (χ2n) is 5.53. The first kappa shape index (κ1) is 15.5. The zero-order valence-corrected chi connectivity index (χ0v) is 12.6. The van der Waals surface area contributed by atoms with Gasteiger partial charge >= 0.3 is 6.03 Å². The van der Waals surface area contributed by atoms with E-state index in [1.54, 1.807) is 36.2 Å². The minimum Gasteiger partial charge on any atom is -0.381 e. The summed E-state index contributed by atoms with van der Waals surface area (Å²) in [4.78, 5) is 25.0. The summed E-state index contributed by atoms with van der Waals surface area (Å²) in [6.45, 7) is 3.77. The van der Waals surface area contributed by atoms with E-state index >= 15 is 0 Å². The van der Waals surface area contributed by atoms with Crippen LogP contribution in [-0.2, 0) is 4.74 Å². The van der Waals surface area contributed by atoms with Crippen molar-refractivity contribution in [1.82, 2.24) is 4.90 Å². The Morgan fingerprint density at radius 2 is 2.05 bits per heavy atom. The van der Waals surface area contributed by atoms with Crippen molar-refractivity contribution in [2.75, 3.05) is 32.1 Å². The molecule has 5 nitrogen and oxygen atoms in total. The Balaban J connectivity index is 1.86. The third kappa shape index (κ3) is 4.56. The van der Waals surface area contributed by atoms with Gasteiger partial charge in [-0.15, -0.1) is 0 Å². The number of urea groups is 1. The van der Waals surface area contributed by atoms with Crippen LogP contribution in [0.4, 0.5) is 10.5 Å². The Hall–Kier alpha value is -1.88. The van der Waals surface area contributed by atoms with Gasteiger partial charge in [0.25, 0.3) is 0 Å². The Morgan fingerprint density at radius 3 is 2.62 bits per heavy atom. The molecule has 2 amide bonds. The second kappa shape index (κ2) is 7.22. The van der Waals surface area contributed by atoms with Gasteiger partial charge in [0, 0.05) is 37.4 Å². The number of Topliss-reactive ketones (excluding diaryl/α,β-unsaturated/α-hetero) is 1. The fourth-order valence-electron chi connectivity index (χ4n) is 2.43. The molecule has 1 aromatic carbocycles. The smallest absolute Gasteiger partial charge is 0.321 e. The summed E-state index contributed by atoms with van der Waals surface area (Å²) in [6, 6.07) is 6.77. The van der Waals surface area contributed by atoms with Gasteiger partial charge in [-0.1, -0.05) is 0 Å². The number of hydrogen-bond acceptors (Lipinski definition) is 3. The molecule has 1 heterocycles. The van der Waals surface area contributed by atoms with Crippen LogP contribution in [0.15, 0.2) is 24.3 Å². The van der Waals surface area contributed by atoms with E-state index in [0.29, 0.717) is 23.7 Å². The largest absolute Gasteiger partial charge is 0.381 e. The van der Waals surface area contributed by atoms with Crippen molar-refractivity contribution >= 4 is 17.5 Å². The first-order valence-corrected chi connectivity index (χ1v) is 7.27. The lowest BCUT2D eigenvalue weighted by Crippen LogP contribution is -2.37. The lowest BCUT2D eigenvalue weighted by Gasteiger charge is -2.27. The van der Waals surface area contributed by atoms with Gasteiger partial charge in [-0.05, 0) is 44.0 Å². The highest BCUT2D eigenvalue weighted by molar-refractivity contribution is 5.95. The fraction of sp³-hybridized carbons (Fsp3) is 0.500. The number of nitrogens with one attached hydrogen (secondary N) is 1. The fourth-order valence-corrected chi connectivity index (χ4v) is 2.43. The summed E-state index contributed by atoms with van der Waals surface area (Å²) in [5.41, 5.74) is 1.33. The predicted octanol–water partition coefficient (Wildman–Crippen LogP) is 2.78. The van der Waals surface area contributed by atoms with Crippen LogP contribution in [0.2, 0.25) is 0 Å². The minimum absolute atomic E-state index is 0.0160. The van der Waals surface area contributed by atoms with Crippen LogP contribution in [0.5, 0.6) is 0 Å². The Labute approximate surface area is 125 Å². The van der Waals surface area contributed by atoms with Crippen molar-refractivity contribution in [1.29, 1.82) is 0 Å². The molecule has 5 heteroatoms. The molecule has 114 valence electrons. The molecule has 21 heavy (non-hydrogen) atoms. The molecule has 1 atom stereocenters. The second-order valence-corrected chi connectivity index (χ2v) is 5.53. The quantitative estimate of drug-likeness (QED) is 0.867. The Bertz CT molecular complexity index is 493. The minimum atomic E-state index is -0.142. The summed E-state index contributed by atoms with van der Waals surface area (Å²) >= 11 is 0. The van der Waals surface area contributed by atoms with Gasteiger partial charge in [0.15, 0.2) is 5.78 Å². The van der Waals surface area contributed by atoms with Crippen LogP contribution < -0.4 is 5.32 Å². The number of carbonyl (C=O) groups excluding carboxylic acids is 2. The van der Waals surface area contributed by atoms with Crippen LogP contribution in [0, 0.1) is 5.92 Å². The molecule has 0 saturated carbocycles. The van der Waals surface area contributed by atoms with E-state index in [1.807, 2.05) is 0 Å². The Kier molecular flexibility index (Phi) is 5.33. The molecule has 1 unspecified atom stereocenters. The third-order valence-corrected chi connectivity index (χ3v) is 3.68. The highest BCUT2D eigenvalue weighted by atomic mass is 16.5. The number of ether oxygens (including phenoxy) is 1. The molecule has 1 N–H and O–H groups in total. The maximum atomic E-state index is 12.1. The SMILES string of the molecule is CC(=O)c1ccc(NC(=O)N(C)CC2CCCOC2)cc1. The van der Waals surface area contributed by atoms with Gasteiger partial charge < -0.3 is 15.0 Å².